The molecule has 2 aromatic rings. The summed E-state index contributed by atoms with van der Waals surface area (Å²) in [5.74, 6) is -0.478. The van der Waals surface area contributed by atoms with Crippen LogP contribution in [0.4, 0.5) is 0 Å². The largest absolute Gasteiger partial charge is 0.462 e. The van der Waals surface area contributed by atoms with E-state index in [0.717, 1.165) is 11.2 Å². The molecule has 7 heteroatoms. The lowest BCUT2D eigenvalue weighted by Gasteiger charge is -2.09. The van der Waals surface area contributed by atoms with Gasteiger partial charge in [-0.25, -0.2) is 4.79 Å². The van der Waals surface area contributed by atoms with Crippen molar-refractivity contribution in [2.45, 2.75) is 20.8 Å². The summed E-state index contributed by atoms with van der Waals surface area (Å²) in [6, 6.07) is 1.67. The molecule has 1 aromatic heterocycles. The SMILES string of the molecule is CCOC(=O)c1c(C)n(C)c2c(Br)c(Br)c(OC(C)=O)cc12. The third-order valence-electron chi connectivity index (χ3n) is 3.35. The summed E-state index contributed by atoms with van der Waals surface area (Å²) in [6.45, 7) is 5.23. The zero-order chi connectivity index (χ0) is 16.6. The minimum Gasteiger partial charge on any atom is -0.462 e. The van der Waals surface area contributed by atoms with Crippen LogP contribution in [0, 0.1) is 6.92 Å². The Morgan fingerprint density at radius 1 is 1.27 bits per heavy atom. The van der Waals surface area contributed by atoms with Gasteiger partial charge >= 0.3 is 11.9 Å². The number of fused-ring (bicyclic) bond motifs is 1. The minimum absolute atomic E-state index is 0.295. The third-order valence-corrected chi connectivity index (χ3v) is 5.44. The Kier molecular flexibility index (Phi) is 4.97. The number of nitrogens with zero attached hydrogens (tertiary/aromatic N) is 1. The molecule has 0 saturated carbocycles. The number of hydrogen-bond donors (Lipinski definition) is 0. The number of aryl methyl sites for hydroxylation is 1. The topological polar surface area (TPSA) is 57.5 Å². The zero-order valence-corrected chi connectivity index (χ0v) is 15.8. The fourth-order valence-electron chi connectivity index (χ4n) is 2.33. The summed E-state index contributed by atoms with van der Waals surface area (Å²) in [5.41, 5.74) is 2.07. The van der Waals surface area contributed by atoms with Crippen LogP contribution in [-0.4, -0.2) is 23.1 Å². The highest BCUT2D eigenvalue weighted by Crippen LogP contribution is 2.42. The highest BCUT2D eigenvalue weighted by atomic mass is 79.9. The average Bonchev–Trinajstić information content (AvgIpc) is 2.67. The van der Waals surface area contributed by atoms with Gasteiger partial charge < -0.3 is 14.0 Å². The molecular weight excluding hydrogens is 418 g/mol. The first-order valence-electron chi connectivity index (χ1n) is 6.62. The quantitative estimate of drug-likeness (QED) is 0.540. The first-order valence-corrected chi connectivity index (χ1v) is 8.20. The number of carbonyl (C=O) groups excluding carboxylic acids is 2. The van der Waals surface area contributed by atoms with E-state index in [4.69, 9.17) is 9.47 Å². The van der Waals surface area contributed by atoms with Crippen LogP contribution in [0.3, 0.4) is 0 Å². The summed E-state index contributed by atoms with van der Waals surface area (Å²) in [4.78, 5) is 23.5. The van der Waals surface area contributed by atoms with Crippen LogP contribution < -0.4 is 4.74 Å². The lowest BCUT2D eigenvalue weighted by Crippen LogP contribution is -2.06. The van der Waals surface area contributed by atoms with Gasteiger partial charge in [-0.2, -0.15) is 0 Å². The third kappa shape index (κ3) is 2.79. The lowest BCUT2D eigenvalue weighted by atomic mass is 10.1. The monoisotopic (exact) mass is 431 g/mol. The van der Waals surface area contributed by atoms with Crippen LogP contribution >= 0.6 is 31.9 Å². The molecule has 0 fully saturated rings. The van der Waals surface area contributed by atoms with Gasteiger partial charge in [-0.1, -0.05) is 0 Å². The molecule has 22 heavy (non-hydrogen) atoms. The Balaban J connectivity index is 2.81. The number of carbonyl (C=O) groups is 2. The highest BCUT2D eigenvalue weighted by Gasteiger charge is 2.24. The molecule has 0 saturated heterocycles. The molecule has 0 aliphatic rings. The molecular formula is C15H15Br2NO4. The fraction of sp³-hybridized carbons (Fsp3) is 0.333. The Labute approximate surface area is 144 Å². The highest BCUT2D eigenvalue weighted by molar-refractivity contribution is 9.13. The Bertz CT molecular complexity index is 780. The van der Waals surface area contributed by atoms with Gasteiger partial charge in [0.2, 0.25) is 0 Å². The molecule has 2 rings (SSSR count). The van der Waals surface area contributed by atoms with E-state index >= 15 is 0 Å². The number of halogens is 2. The summed E-state index contributed by atoms with van der Waals surface area (Å²) < 4.78 is 13.6. The van der Waals surface area contributed by atoms with Crippen molar-refractivity contribution in [2.75, 3.05) is 6.61 Å². The van der Waals surface area contributed by atoms with Crippen LogP contribution in [0.25, 0.3) is 10.9 Å². The number of aromatic nitrogens is 1. The van der Waals surface area contributed by atoms with E-state index in [1.165, 1.54) is 6.92 Å². The van der Waals surface area contributed by atoms with E-state index in [9.17, 15) is 9.59 Å². The normalized spacial score (nSPS) is 10.8. The molecule has 0 unspecified atom stereocenters. The summed E-state index contributed by atoms with van der Waals surface area (Å²) in [6.07, 6.45) is 0. The number of ether oxygens (including phenoxy) is 2. The van der Waals surface area contributed by atoms with Crippen molar-refractivity contribution in [3.63, 3.8) is 0 Å². The molecule has 0 spiro atoms. The zero-order valence-electron chi connectivity index (χ0n) is 12.6. The number of rotatable bonds is 3. The van der Waals surface area contributed by atoms with Crippen molar-refractivity contribution in [3.8, 4) is 5.75 Å². The predicted octanol–water partition coefficient (Wildman–Crippen LogP) is 4.11. The number of hydrogen-bond acceptors (Lipinski definition) is 4. The number of benzene rings is 1. The lowest BCUT2D eigenvalue weighted by molar-refractivity contribution is -0.131. The van der Waals surface area contributed by atoms with Gasteiger partial charge in [-0.3, -0.25) is 4.79 Å². The van der Waals surface area contributed by atoms with Crippen molar-refractivity contribution >= 4 is 54.7 Å². The van der Waals surface area contributed by atoms with Crippen molar-refractivity contribution in [1.82, 2.24) is 4.57 Å². The Morgan fingerprint density at radius 2 is 1.91 bits per heavy atom. The van der Waals surface area contributed by atoms with Crippen LogP contribution in [-0.2, 0) is 16.6 Å². The second-order valence-electron chi connectivity index (χ2n) is 4.73. The molecule has 0 N–H and O–H groups in total. The van der Waals surface area contributed by atoms with Crippen molar-refractivity contribution < 1.29 is 19.1 Å². The summed E-state index contributed by atoms with van der Waals surface area (Å²) >= 11 is 6.91. The van der Waals surface area contributed by atoms with Gasteiger partial charge in [0.15, 0.2) is 0 Å². The molecule has 5 nitrogen and oxygen atoms in total. The first kappa shape index (κ1) is 17.0. The van der Waals surface area contributed by atoms with Crippen molar-refractivity contribution in [1.29, 1.82) is 0 Å². The van der Waals surface area contributed by atoms with E-state index in [1.54, 1.807) is 13.0 Å². The maximum absolute atomic E-state index is 12.3. The van der Waals surface area contributed by atoms with Crippen LogP contribution in [0.15, 0.2) is 15.0 Å². The van der Waals surface area contributed by atoms with E-state index in [2.05, 4.69) is 31.9 Å². The second-order valence-corrected chi connectivity index (χ2v) is 6.32. The maximum Gasteiger partial charge on any atom is 0.340 e. The second kappa shape index (κ2) is 6.42. The molecule has 118 valence electrons. The van der Waals surface area contributed by atoms with Crippen molar-refractivity contribution in [2.24, 2.45) is 7.05 Å². The maximum atomic E-state index is 12.3. The van der Waals surface area contributed by atoms with Crippen molar-refractivity contribution in [3.05, 3.63) is 26.3 Å². The van der Waals surface area contributed by atoms with Gasteiger partial charge in [0.25, 0.3) is 0 Å². The standard InChI is InChI=1S/C15H15Br2NO4/c1-5-21-15(20)11-7(2)18(4)14-9(11)6-10(22-8(3)19)12(16)13(14)17/h6H,5H2,1-4H3. The van der Waals surface area contributed by atoms with Crippen LogP contribution in [0.1, 0.15) is 29.9 Å². The summed E-state index contributed by atoms with van der Waals surface area (Å²) in [7, 11) is 1.86. The van der Waals surface area contributed by atoms with Gasteiger partial charge in [-0.15, -0.1) is 0 Å². The van der Waals surface area contributed by atoms with Gasteiger partial charge in [0.1, 0.15) is 5.75 Å². The average molecular weight is 433 g/mol. The molecule has 0 amide bonds. The molecule has 1 aromatic carbocycles. The molecule has 1 heterocycles. The van der Waals surface area contributed by atoms with Gasteiger partial charge in [0, 0.05) is 25.1 Å². The van der Waals surface area contributed by atoms with E-state index in [1.807, 2.05) is 18.5 Å². The van der Waals surface area contributed by atoms with E-state index in [0.29, 0.717) is 32.3 Å². The molecule has 0 aliphatic heterocycles. The number of esters is 2. The smallest absolute Gasteiger partial charge is 0.340 e. The minimum atomic E-state index is -0.433. The van der Waals surface area contributed by atoms with E-state index in [-0.39, 0.29) is 0 Å². The van der Waals surface area contributed by atoms with Crippen LogP contribution in [0.5, 0.6) is 5.75 Å². The fourth-order valence-corrected chi connectivity index (χ4v) is 3.39. The molecule has 0 aliphatic carbocycles. The first-order chi connectivity index (χ1) is 10.3. The summed E-state index contributed by atoms with van der Waals surface area (Å²) in [5, 5.41) is 0.671. The molecule has 0 bridgehead atoms. The van der Waals surface area contributed by atoms with E-state index < -0.39 is 11.9 Å². The van der Waals surface area contributed by atoms with Gasteiger partial charge in [-0.05, 0) is 51.8 Å². The molecule has 0 radical (unpaired) electrons. The Hall–Kier alpha value is -1.34. The molecule has 0 atom stereocenters. The van der Waals surface area contributed by atoms with Gasteiger partial charge in [0.05, 0.1) is 26.6 Å². The Morgan fingerprint density at radius 3 is 2.45 bits per heavy atom. The van der Waals surface area contributed by atoms with Crippen LogP contribution in [0.2, 0.25) is 0 Å². The predicted molar refractivity (Wildman–Crippen MR) is 90.3 cm³/mol.